The Bertz CT molecular complexity index is 542. The van der Waals surface area contributed by atoms with Crippen LogP contribution < -0.4 is 10.1 Å². The van der Waals surface area contributed by atoms with Crippen molar-refractivity contribution >= 4 is 5.91 Å². The summed E-state index contributed by atoms with van der Waals surface area (Å²) < 4.78 is 10.8. The fourth-order valence-corrected chi connectivity index (χ4v) is 1.97. The van der Waals surface area contributed by atoms with Gasteiger partial charge in [0, 0.05) is 7.11 Å². The van der Waals surface area contributed by atoms with Gasteiger partial charge in [0.1, 0.15) is 12.4 Å². The summed E-state index contributed by atoms with van der Waals surface area (Å²) >= 11 is 0. The maximum absolute atomic E-state index is 12.1. The Labute approximate surface area is 124 Å². The summed E-state index contributed by atoms with van der Waals surface area (Å²) in [5.74, 6) is 0.624. The van der Waals surface area contributed by atoms with Crippen molar-refractivity contribution in [2.45, 2.75) is 6.10 Å². The van der Waals surface area contributed by atoms with Gasteiger partial charge in [-0.2, -0.15) is 0 Å². The topological polar surface area (TPSA) is 47.6 Å². The molecule has 0 saturated heterocycles. The average molecular weight is 285 g/mol. The lowest BCUT2D eigenvalue weighted by Crippen LogP contribution is -2.33. The first kappa shape index (κ1) is 15.1. The normalized spacial score (nSPS) is 11.7. The lowest BCUT2D eigenvalue weighted by Gasteiger charge is -2.15. The highest BCUT2D eigenvalue weighted by Crippen LogP contribution is 2.16. The van der Waals surface area contributed by atoms with E-state index in [1.54, 1.807) is 0 Å². The summed E-state index contributed by atoms with van der Waals surface area (Å²) in [4.78, 5) is 12.1. The second-order valence-corrected chi connectivity index (χ2v) is 4.48. The van der Waals surface area contributed by atoms with Crippen LogP contribution in [0, 0.1) is 0 Å². The molecule has 110 valence electrons. The second kappa shape index (κ2) is 8.07. The zero-order valence-corrected chi connectivity index (χ0v) is 12.0. The molecule has 0 bridgehead atoms. The summed E-state index contributed by atoms with van der Waals surface area (Å²) in [5, 5.41) is 2.81. The summed E-state index contributed by atoms with van der Waals surface area (Å²) in [6.07, 6.45) is -0.595. The Morgan fingerprint density at radius 3 is 2.29 bits per heavy atom. The SMILES string of the molecule is COC(C(=O)NCCOc1ccccc1)c1ccccc1. The highest BCUT2D eigenvalue weighted by Gasteiger charge is 2.18. The molecule has 0 fully saturated rings. The van der Waals surface area contributed by atoms with E-state index in [9.17, 15) is 4.79 Å². The van der Waals surface area contributed by atoms with Crippen LogP contribution >= 0.6 is 0 Å². The van der Waals surface area contributed by atoms with E-state index in [-0.39, 0.29) is 5.91 Å². The van der Waals surface area contributed by atoms with Crippen molar-refractivity contribution in [1.29, 1.82) is 0 Å². The second-order valence-electron chi connectivity index (χ2n) is 4.48. The van der Waals surface area contributed by atoms with Gasteiger partial charge in [-0.15, -0.1) is 0 Å². The summed E-state index contributed by atoms with van der Waals surface area (Å²) in [7, 11) is 1.53. The molecular weight excluding hydrogens is 266 g/mol. The molecule has 1 atom stereocenters. The van der Waals surface area contributed by atoms with Gasteiger partial charge < -0.3 is 14.8 Å². The van der Waals surface area contributed by atoms with Gasteiger partial charge >= 0.3 is 0 Å². The van der Waals surface area contributed by atoms with E-state index in [1.165, 1.54) is 7.11 Å². The van der Waals surface area contributed by atoms with E-state index in [0.717, 1.165) is 11.3 Å². The van der Waals surface area contributed by atoms with Crippen LogP contribution in [0.25, 0.3) is 0 Å². The highest BCUT2D eigenvalue weighted by atomic mass is 16.5. The number of ether oxygens (including phenoxy) is 2. The molecule has 1 unspecified atom stereocenters. The molecule has 1 N–H and O–H groups in total. The Balaban J connectivity index is 1.78. The van der Waals surface area contributed by atoms with E-state index in [1.807, 2.05) is 60.7 Å². The van der Waals surface area contributed by atoms with Crippen LogP contribution in [0.1, 0.15) is 11.7 Å². The molecule has 2 aromatic rings. The average Bonchev–Trinajstić information content (AvgIpc) is 2.54. The first-order valence-corrected chi connectivity index (χ1v) is 6.84. The van der Waals surface area contributed by atoms with Crippen LogP contribution in [-0.4, -0.2) is 26.2 Å². The molecule has 2 aromatic carbocycles. The van der Waals surface area contributed by atoms with Gasteiger partial charge in [0.2, 0.25) is 0 Å². The predicted octanol–water partition coefficient (Wildman–Crippen LogP) is 2.57. The molecule has 4 nitrogen and oxygen atoms in total. The molecule has 4 heteroatoms. The van der Waals surface area contributed by atoms with Crippen molar-refractivity contribution in [3.05, 3.63) is 66.2 Å². The van der Waals surface area contributed by atoms with E-state index in [0.29, 0.717) is 13.2 Å². The minimum Gasteiger partial charge on any atom is -0.492 e. The fraction of sp³-hybridized carbons (Fsp3) is 0.235. The molecule has 2 rings (SSSR count). The van der Waals surface area contributed by atoms with Gasteiger partial charge in [-0.25, -0.2) is 0 Å². The molecule has 0 aliphatic heterocycles. The smallest absolute Gasteiger partial charge is 0.253 e. The molecule has 0 aliphatic carbocycles. The molecule has 0 aliphatic rings. The maximum atomic E-state index is 12.1. The van der Waals surface area contributed by atoms with Crippen LogP contribution in [0.3, 0.4) is 0 Å². The third-order valence-corrected chi connectivity index (χ3v) is 2.99. The van der Waals surface area contributed by atoms with Crippen LogP contribution in [0.4, 0.5) is 0 Å². The summed E-state index contributed by atoms with van der Waals surface area (Å²) in [6, 6.07) is 18.9. The number of carbonyl (C=O) groups excluding carboxylic acids is 1. The minimum atomic E-state index is -0.595. The molecule has 0 spiro atoms. The molecule has 0 aromatic heterocycles. The number of para-hydroxylation sites is 1. The predicted molar refractivity (Wildman–Crippen MR) is 81.1 cm³/mol. The Kier molecular flexibility index (Phi) is 5.79. The molecule has 0 heterocycles. The lowest BCUT2D eigenvalue weighted by atomic mass is 10.1. The van der Waals surface area contributed by atoms with Gasteiger partial charge in [-0.3, -0.25) is 4.79 Å². The number of nitrogens with one attached hydrogen (secondary N) is 1. The summed E-state index contributed by atoms with van der Waals surface area (Å²) in [6.45, 7) is 0.849. The Hall–Kier alpha value is -2.33. The Morgan fingerprint density at radius 1 is 1.05 bits per heavy atom. The van der Waals surface area contributed by atoms with Crippen molar-refractivity contribution in [3.8, 4) is 5.75 Å². The van der Waals surface area contributed by atoms with Crippen molar-refractivity contribution in [2.24, 2.45) is 0 Å². The van der Waals surface area contributed by atoms with Gasteiger partial charge in [-0.05, 0) is 17.7 Å². The minimum absolute atomic E-state index is 0.166. The van der Waals surface area contributed by atoms with E-state index in [2.05, 4.69) is 5.32 Å². The number of methoxy groups -OCH3 is 1. The molecule has 0 radical (unpaired) electrons. The van der Waals surface area contributed by atoms with Gasteiger partial charge in [0.15, 0.2) is 6.10 Å². The molecular formula is C17H19NO3. The zero-order valence-electron chi connectivity index (χ0n) is 12.0. The number of amides is 1. The quantitative estimate of drug-likeness (QED) is 0.795. The van der Waals surface area contributed by atoms with Crippen LogP contribution in [0.5, 0.6) is 5.75 Å². The van der Waals surface area contributed by atoms with Crippen molar-refractivity contribution in [3.63, 3.8) is 0 Å². The van der Waals surface area contributed by atoms with E-state index >= 15 is 0 Å². The first-order chi connectivity index (χ1) is 10.3. The lowest BCUT2D eigenvalue weighted by molar-refractivity contribution is -0.131. The van der Waals surface area contributed by atoms with E-state index in [4.69, 9.17) is 9.47 Å². The summed E-state index contributed by atoms with van der Waals surface area (Å²) in [5.41, 5.74) is 0.835. The zero-order chi connectivity index (χ0) is 14.9. The van der Waals surface area contributed by atoms with Crippen molar-refractivity contribution in [2.75, 3.05) is 20.3 Å². The number of hydrogen-bond acceptors (Lipinski definition) is 3. The van der Waals surface area contributed by atoms with Crippen LogP contribution in [0.15, 0.2) is 60.7 Å². The largest absolute Gasteiger partial charge is 0.492 e. The number of carbonyl (C=O) groups is 1. The Morgan fingerprint density at radius 2 is 1.67 bits per heavy atom. The van der Waals surface area contributed by atoms with Crippen molar-refractivity contribution in [1.82, 2.24) is 5.32 Å². The molecule has 0 saturated carbocycles. The van der Waals surface area contributed by atoms with Gasteiger partial charge in [-0.1, -0.05) is 48.5 Å². The third-order valence-electron chi connectivity index (χ3n) is 2.99. The monoisotopic (exact) mass is 285 g/mol. The van der Waals surface area contributed by atoms with E-state index < -0.39 is 6.10 Å². The van der Waals surface area contributed by atoms with Gasteiger partial charge in [0.05, 0.1) is 6.54 Å². The van der Waals surface area contributed by atoms with Crippen LogP contribution in [-0.2, 0) is 9.53 Å². The van der Waals surface area contributed by atoms with Crippen LogP contribution in [0.2, 0.25) is 0 Å². The first-order valence-electron chi connectivity index (χ1n) is 6.84. The molecule has 1 amide bonds. The highest BCUT2D eigenvalue weighted by molar-refractivity contribution is 5.82. The van der Waals surface area contributed by atoms with Crippen molar-refractivity contribution < 1.29 is 14.3 Å². The number of hydrogen-bond donors (Lipinski definition) is 1. The standard InChI is InChI=1S/C17H19NO3/c1-20-16(14-8-4-2-5-9-14)17(19)18-12-13-21-15-10-6-3-7-11-15/h2-11,16H,12-13H2,1H3,(H,18,19). The number of rotatable bonds is 7. The van der Waals surface area contributed by atoms with Gasteiger partial charge in [0.25, 0.3) is 5.91 Å². The number of benzene rings is 2. The molecule has 21 heavy (non-hydrogen) atoms. The third kappa shape index (κ3) is 4.61. The maximum Gasteiger partial charge on any atom is 0.253 e. The fourth-order valence-electron chi connectivity index (χ4n) is 1.97.